The van der Waals surface area contributed by atoms with Crippen molar-refractivity contribution in [2.45, 2.75) is 45.0 Å². The fraction of sp³-hybridized carbons (Fsp3) is 0.571. The molecule has 0 bridgehead atoms. The number of rotatable bonds is 5. The van der Waals surface area contributed by atoms with E-state index in [1.807, 2.05) is 0 Å². The Morgan fingerprint density at radius 3 is 2.20 bits per heavy atom. The number of nitrogens with zero attached hydrogens (tertiary/aromatic N) is 1. The molecule has 1 rings (SSSR count). The van der Waals surface area contributed by atoms with Crippen LogP contribution in [0.2, 0.25) is 18.1 Å². The van der Waals surface area contributed by atoms with E-state index in [-0.39, 0.29) is 5.04 Å². The van der Waals surface area contributed by atoms with Crippen molar-refractivity contribution in [2.24, 2.45) is 0 Å². The summed E-state index contributed by atoms with van der Waals surface area (Å²) in [6.07, 6.45) is -1.08. The van der Waals surface area contributed by atoms with Crippen molar-refractivity contribution >= 4 is 8.32 Å². The van der Waals surface area contributed by atoms with Crippen molar-refractivity contribution in [3.8, 4) is 5.75 Å². The van der Waals surface area contributed by atoms with Crippen molar-refractivity contribution in [1.82, 2.24) is 0 Å². The van der Waals surface area contributed by atoms with E-state index in [0.29, 0.717) is 5.56 Å². The molecule has 0 saturated carbocycles. The predicted molar refractivity (Wildman–Crippen MR) is 81.1 cm³/mol. The molecule has 6 heteroatoms. The molecule has 1 N–H and O–H groups in total. The number of aliphatic hydroxyl groups is 1. The van der Waals surface area contributed by atoms with Gasteiger partial charge < -0.3 is 9.53 Å². The Morgan fingerprint density at radius 2 is 1.80 bits per heavy atom. The van der Waals surface area contributed by atoms with Gasteiger partial charge in [-0.15, -0.1) is 0 Å². The molecule has 0 aliphatic rings. The average Bonchev–Trinajstić information content (AvgIpc) is 2.26. The van der Waals surface area contributed by atoms with E-state index < -0.39 is 25.9 Å². The highest BCUT2D eigenvalue weighted by molar-refractivity contribution is 6.74. The summed E-state index contributed by atoms with van der Waals surface area (Å²) in [5.74, 6) is 0.744. The smallest absolute Gasteiger partial charge is 0.250 e. The van der Waals surface area contributed by atoms with Crippen LogP contribution in [0.1, 0.15) is 32.4 Å². The molecule has 0 saturated heterocycles. The second-order valence-corrected chi connectivity index (χ2v) is 11.2. The number of benzene rings is 1. The van der Waals surface area contributed by atoms with Crippen LogP contribution in [0.25, 0.3) is 0 Å². The topological polar surface area (TPSA) is 72.6 Å². The van der Waals surface area contributed by atoms with E-state index in [2.05, 4.69) is 33.9 Å². The zero-order chi connectivity index (χ0) is 15.6. The standard InChI is InChI=1S/C14H23NO4Si/c1-14(2,3)20(4,5)19-12-8-6-11(7-9-12)13(16)10-15(17)18/h6-9,13,16H,10H2,1-5H3/t13-/m0/s1. The summed E-state index contributed by atoms with van der Waals surface area (Å²) in [6.45, 7) is 10.3. The van der Waals surface area contributed by atoms with Crippen LogP contribution in [-0.4, -0.2) is 24.9 Å². The molecule has 0 radical (unpaired) electrons. The molecule has 0 unspecified atom stereocenters. The van der Waals surface area contributed by atoms with E-state index in [1.54, 1.807) is 24.3 Å². The highest BCUT2D eigenvalue weighted by atomic mass is 28.4. The van der Waals surface area contributed by atoms with Gasteiger partial charge >= 0.3 is 0 Å². The predicted octanol–water partition coefficient (Wildman–Crippen LogP) is 3.38. The SMILES string of the molecule is CC(C)(C)[Si](C)(C)Oc1ccc([C@@H](O)C[N+](=O)[O-])cc1. The van der Waals surface area contributed by atoms with Crippen molar-refractivity contribution in [3.05, 3.63) is 39.9 Å². The minimum absolute atomic E-state index is 0.108. The molecule has 5 nitrogen and oxygen atoms in total. The zero-order valence-electron chi connectivity index (χ0n) is 12.7. The highest BCUT2D eigenvalue weighted by Gasteiger charge is 2.38. The zero-order valence-corrected chi connectivity index (χ0v) is 13.7. The van der Waals surface area contributed by atoms with Gasteiger partial charge in [0.2, 0.25) is 14.9 Å². The quantitative estimate of drug-likeness (QED) is 0.513. The molecule has 0 heterocycles. The maximum absolute atomic E-state index is 10.4. The maximum Gasteiger partial charge on any atom is 0.250 e. The first kappa shape index (κ1) is 16.7. The lowest BCUT2D eigenvalue weighted by Crippen LogP contribution is -2.43. The highest BCUT2D eigenvalue weighted by Crippen LogP contribution is 2.37. The minimum atomic E-state index is -1.89. The molecule has 1 aromatic carbocycles. The van der Waals surface area contributed by atoms with Crippen molar-refractivity contribution < 1.29 is 14.5 Å². The van der Waals surface area contributed by atoms with Gasteiger partial charge in [-0.05, 0) is 35.8 Å². The van der Waals surface area contributed by atoms with E-state index in [1.165, 1.54) is 0 Å². The van der Waals surface area contributed by atoms with Crippen LogP contribution in [0.5, 0.6) is 5.75 Å². The van der Waals surface area contributed by atoms with Gasteiger partial charge in [-0.3, -0.25) is 10.1 Å². The lowest BCUT2D eigenvalue weighted by Gasteiger charge is -2.36. The molecular weight excluding hydrogens is 274 g/mol. The van der Waals surface area contributed by atoms with Crippen LogP contribution in [0.4, 0.5) is 0 Å². The second kappa shape index (κ2) is 5.93. The summed E-state index contributed by atoms with van der Waals surface area (Å²) in [5.41, 5.74) is 0.532. The van der Waals surface area contributed by atoms with Crippen LogP contribution in [0, 0.1) is 10.1 Å². The minimum Gasteiger partial charge on any atom is -0.544 e. The number of hydrogen-bond acceptors (Lipinski definition) is 4. The first-order valence-electron chi connectivity index (χ1n) is 6.62. The Bertz CT molecular complexity index is 465. The summed E-state index contributed by atoms with van der Waals surface area (Å²) in [7, 11) is -1.89. The van der Waals surface area contributed by atoms with Crippen LogP contribution in [0.15, 0.2) is 24.3 Å². The van der Waals surface area contributed by atoms with Crippen LogP contribution in [-0.2, 0) is 0 Å². The van der Waals surface area contributed by atoms with E-state index in [4.69, 9.17) is 4.43 Å². The number of nitro groups is 1. The van der Waals surface area contributed by atoms with Crippen LogP contribution in [0.3, 0.4) is 0 Å². The molecule has 112 valence electrons. The first-order valence-corrected chi connectivity index (χ1v) is 9.52. The normalized spacial score (nSPS) is 13.9. The lowest BCUT2D eigenvalue weighted by molar-refractivity contribution is -0.491. The van der Waals surface area contributed by atoms with Crippen molar-refractivity contribution in [3.63, 3.8) is 0 Å². The summed E-state index contributed by atoms with van der Waals surface area (Å²) >= 11 is 0. The average molecular weight is 297 g/mol. The third-order valence-corrected chi connectivity index (χ3v) is 8.12. The third-order valence-electron chi connectivity index (χ3n) is 3.77. The Hall–Kier alpha value is -1.40. The molecular formula is C14H23NO4Si. The Morgan fingerprint density at radius 1 is 1.30 bits per heavy atom. The number of aliphatic hydroxyl groups excluding tert-OH is 1. The molecule has 0 aromatic heterocycles. The summed E-state index contributed by atoms with van der Waals surface area (Å²) < 4.78 is 6.11. The van der Waals surface area contributed by atoms with Gasteiger partial charge in [0, 0.05) is 4.92 Å². The van der Waals surface area contributed by atoms with Gasteiger partial charge in [0.25, 0.3) is 0 Å². The molecule has 1 aromatic rings. The monoisotopic (exact) mass is 297 g/mol. The van der Waals surface area contributed by atoms with Gasteiger partial charge in [0.15, 0.2) is 0 Å². The maximum atomic E-state index is 10.4. The summed E-state index contributed by atoms with van der Waals surface area (Å²) in [6, 6.07) is 6.88. The van der Waals surface area contributed by atoms with E-state index in [9.17, 15) is 15.2 Å². The summed E-state index contributed by atoms with van der Waals surface area (Å²) in [5, 5.41) is 20.2. The van der Waals surface area contributed by atoms with Gasteiger partial charge in [-0.1, -0.05) is 32.9 Å². The van der Waals surface area contributed by atoms with Gasteiger partial charge in [0.05, 0.1) is 0 Å². The second-order valence-electron chi connectivity index (χ2n) is 6.46. The molecule has 0 fully saturated rings. The summed E-state index contributed by atoms with van der Waals surface area (Å²) in [4.78, 5) is 9.85. The van der Waals surface area contributed by atoms with Gasteiger partial charge in [0.1, 0.15) is 11.9 Å². The molecule has 1 atom stereocenters. The molecule has 0 aliphatic heterocycles. The Labute approximate surface area is 120 Å². The largest absolute Gasteiger partial charge is 0.544 e. The molecule has 0 spiro atoms. The Kier molecular flexibility index (Phi) is 4.93. The molecule has 20 heavy (non-hydrogen) atoms. The fourth-order valence-corrected chi connectivity index (χ4v) is 2.48. The van der Waals surface area contributed by atoms with Gasteiger partial charge in [-0.25, -0.2) is 0 Å². The van der Waals surface area contributed by atoms with Crippen molar-refractivity contribution in [2.75, 3.05) is 6.54 Å². The van der Waals surface area contributed by atoms with Gasteiger partial charge in [-0.2, -0.15) is 0 Å². The Balaban J connectivity index is 2.80. The number of hydrogen-bond donors (Lipinski definition) is 1. The van der Waals surface area contributed by atoms with Crippen LogP contribution >= 0.6 is 0 Å². The van der Waals surface area contributed by atoms with Crippen LogP contribution < -0.4 is 4.43 Å². The van der Waals surface area contributed by atoms with Crippen molar-refractivity contribution in [1.29, 1.82) is 0 Å². The fourth-order valence-electron chi connectivity index (χ4n) is 1.45. The van der Waals surface area contributed by atoms with E-state index >= 15 is 0 Å². The molecule has 0 aliphatic carbocycles. The first-order chi connectivity index (χ1) is 9.03. The third kappa shape index (κ3) is 4.31. The lowest BCUT2D eigenvalue weighted by atomic mass is 10.1. The molecule has 0 amide bonds. The van der Waals surface area contributed by atoms with E-state index in [0.717, 1.165) is 5.75 Å².